The van der Waals surface area contributed by atoms with E-state index in [0.29, 0.717) is 11.5 Å². The molecule has 1 saturated heterocycles. The first-order chi connectivity index (χ1) is 28.7. The van der Waals surface area contributed by atoms with Crippen LogP contribution in [0, 0.1) is 0 Å². The Morgan fingerprint density at radius 2 is 1.39 bits per heavy atom. The number of fused-ring (bicyclic) bond motifs is 6. The number of halogens is 4. The lowest BCUT2D eigenvalue weighted by atomic mass is 9.79. The molecule has 3 heterocycles. The van der Waals surface area contributed by atoms with Crippen LogP contribution in [0.2, 0.25) is 0 Å². The first-order valence-corrected chi connectivity index (χ1v) is 20.9. The predicted molar refractivity (Wildman–Crippen MR) is 234 cm³/mol. The van der Waals surface area contributed by atoms with Gasteiger partial charge in [0, 0.05) is 60.3 Å². The van der Waals surface area contributed by atoms with E-state index in [-0.39, 0.29) is 34.8 Å². The summed E-state index contributed by atoms with van der Waals surface area (Å²) in [6, 6.07) is 26.4. The van der Waals surface area contributed by atoms with Crippen LogP contribution < -0.4 is 9.60 Å². The molecule has 0 radical (unpaired) electrons. The SMILES string of the molecule is C[N+]1=C(C=CC2=CC(=CC=C3N(CCCCCC(=O)ON4C(=O)CCC4=O)c4ccc5ccccc5c4C3(C)C)CCC2)C(C)(C)c2c1ccc1ccccc21.FB(F)F.[F-]. The van der Waals surface area contributed by atoms with Crippen LogP contribution in [0.3, 0.4) is 0 Å². The van der Waals surface area contributed by atoms with Gasteiger partial charge in [0.05, 0.1) is 5.41 Å². The highest BCUT2D eigenvalue weighted by Crippen LogP contribution is 2.51. The Bertz CT molecular complexity index is 2500. The quantitative estimate of drug-likeness (QED) is 0.0529. The van der Waals surface area contributed by atoms with Gasteiger partial charge < -0.3 is 14.4 Å². The number of carbonyl (C=O) groups excluding carboxylic acids is 3. The number of benzene rings is 4. The lowest BCUT2D eigenvalue weighted by molar-refractivity contribution is -0.401. The molecule has 4 aromatic rings. The highest BCUT2D eigenvalue weighted by molar-refractivity contribution is 6.33. The molecule has 4 aromatic carbocycles. The van der Waals surface area contributed by atoms with Crippen molar-refractivity contribution in [1.29, 1.82) is 0 Å². The maximum absolute atomic E-state index is 12.4. The second kappa shape index (κ2) is 18.5. The largest absolute Gasteiger partial charge is 1.00 e. The number of amides is 2. The van der Waals surface area contributed by atoms with Crippen LogP contribution in [0.1, 0.15) is 96.6 Å². The van der Waals surface area contributed by atoms with Crippen LogP contribution >= 0.6 is 0 Å². The molecule has 0 bridgehead atoms. The van der Waals surface area contributed by atoms with Gasteiger partial charge in [-0.25, -0.2) is 4.79 Å². The molecule has 1 fully saturated rings. The molecule has 0 N–H and O–H groups in total. The molecular weight excluding hydrogens is 781 g/mol. The van der Waals surface area contributed by atoms with Gasteiger partial charge in [-0.15, -0.1) is 5.06 Å². The van der Waals surface area contributed by atoms with Crippen molar-refractivity contribution in [3.8, 4) is 0 Å². The molecule has 3 aliphatic heterocycles. The average Bonchev–Trinajstić information content (AvgIpc) is 3.73. The van der Waals surface area contributed by atoms with E-state index in [9.17, 15) is 27.3 Å². The van der Waals surface area contributed by atoms with Gasteiger partial charge in [0.25, 0.3) is 11.8 Å². The molecule has 0 aromatic heterocycles. The first kappa shape index (κ1) is 44.8. The second-order valence-corrected chi connectivity index (χ2v) is 17.0. The van der Waals surface area contributed by atoms with Crippen molar-refractivity contribution in [1.82, 2.24) is 5.06 Å². The zero-order valence-electron chi connectivity index (χ0n) is 35.4. The smallest absolute Gasteiger partial charge is 0.762 e. The number of carbonyl (C=O) groups is 3. The van der Waals surface area contributed by atoms with Gasteiger partial charge in [-0.2, -0.15) is 4.58 Å². The van der Waals surface area contributed by atoms with Crippen LogP contribution in [-0.4, -0.2) is 54.3 Å². The average molecular weight is 834 g/mol. The number of unbranched alkanes of at least 4 members (excludes halogenated alkanes) is 2. The summed E-state index contributed by atoms with van der Waals surface area (Å²) in [7, 11) is -1.47. The molecule has 0 spiro atoms. The van der Waals surface area contributed by atoms with E-state index in [4.69, 9.17) is 4.84 Å². The Hall–Kier alpha value is -5.78. The first-order valence-electron chi connectivity index (χ1n) is 20.9. The van der Waals surface area contributed by atoms with E-state index in [1.54, 1.807) is 0 Å². The minimum absolute atomic E-state index is 0. The lowest BCUT2D eigenvalue weighted by Crippen LogP contribution is -3.00. The zero-order valence-corrected chi connectivity index (χ0v) is 35.4. The van der Waals surface area contributed by atoms with E-state index in [0.717, 1.165) is 38.6 Å². The molecule has 7 nitrogen and oxygen atoms in total. The van der Waals surface area contributed by atoms with Crippen molar-refractivity contribution in [2.24, 2.45) is 0 Å². The number of imide groups is 1. The second-order valence-electron chi connectivity index (χ2n) is 17.0. The van der Waals surface area contributed by atoms with Crippen LogP contribution in [0.25, 0.3) is 21.5 Å². The Labute approximate surface area is 355 Å². The van der Waals surface area contributed by atoms with Gasteiger partial charge in [0.1, 0.15) is 7.05 Å². The van der Waals surface area contributed by atoms with Crippen LogP contribution in [-0.2, 0) is 30.1 Å². The van der Waals surface area contributed by atoms with Crippen molar-refractivity contribution >= 4 is 64.0 Å². The van der Waals surface area contributed by atoms with Crippen molar-refractivity contribution in [3.05, 3.63) is 131 Å². The molecule has 4 aliphatic rings. The summed E-state index contributed by atoms with van der Waals surface area (Å²) in [5, 5.41) is 5.77. The summed E-state index contributed by atoms with van der Waals surface area (Å²) in [4.78, 5) is 43.7. The predicted octanol–water partition coefficient (Wildman–Crippen LogP) is 8.33. The van der Waals surface area contributed by atoms with Gasteiger partial charge in [0.2, 0.25) is 5.69 Å². The summed E-state index contributed by atoms with van der Waals surface area (Å²) in [5.41, 5.74) is 10.2. The fraction of sp³-hybridized carbons (Fsp3) is 0.347. The Kier molecular flexibility index (Phi) is 13.5. The monoisotopic (exact) mass is 833 g/mol. The molecule has 0 unspecified atom stereocenters. The summed E-state index contributed by atoms with van der Waals surface area (Å²) < 4.78 is 31.4. The van der Waals surface area contributed by atoms with Crippen molar-refractivity contribution in [2.75, 3.05) is 18.5 Å². The Morgan fingerprint density at radius 1 is 0.770 bits per heavy atom. The minimum atomic E-state index is -3.67. The fourth-order valence-electron chi connectivity index (χ4n) is 9.51. The molecule has 0 atom stereocenters. The van der Waals surface area contributed by atoms with Gasteiger partial charge >= 0.3 is 13.5 Å². The topological polar surface area (TPSA) is 69.9 Å². The van der Waals surface area contributed by atoms with E-state index in [1.165, 1.54) is 66.6 Å². The van der Waals surface area contributed by atoms with Crippen LogP contribution in [0.4, 0.5) is 24.3 Å². The number of hydrogen-bond donors (Lipinski definition) is 0. The van der Waals surface area contributed by atoms with Gasteiger partial charge in [0.15, 0.2) is 5.71 Å². The highest BCUT2D eigenvalue weighted by atomic mass is 19.4. The van der Waals surface area contributed by atoms with Crippen molar-refractivity contribution in [2.45, 2.75) is 96.3 Å². The normalized spacial score (nSPS) is 19.0. The third-order valence-electron chi connectivity index (χ3n) is 12.3. The van der Waals surface area contributed by atoms with E-state index >= 15 is 0 Å². The van der Waals surface area contributed by atoms with E-state index < -0.39 is 25.3 Å². The number of nitrogens with zero attached hydrogens (tertiary/aromatic N) is 3. The third kappa shape index (κ3) is 9.14. The van der Waals surface area contributed by atoms with E-state index in [2.05, 4.69) is 147 Å². The fourth-order valence-corrected chi connectivity index (χ4v) is 9.51. The van der Waals surface area contributed by atoms with E-state index in [1.807, 2.05) is 0 Å². The summed E-state index contributed by atoms with van der Waals surface area (Å²) in [6.07, 6.45) is 17.6. The summed E-state index contributed by atoms with van der Waals surface area (Å²) in [6.45, 7) is 10.2. The van der Waals surface area contributed by atoms with Gasteiger partial charge in [-0.3, -0.25) is 22.5 Å². The summed E-state index contributed by atoms with van der Waals surface area (Å²) >= 11 is 0. The number of hydrogen-bond acceptors (Lipinski definition) is 5. The highest BCUT2D eigenvalue weighted by Gasteiger charge is 2.44. The number of allylic oxidation sites excluding steroid dienone is 8. The number of anilines is 1. The number of hydroxylamine groups is 2. The molecule has 1 aliphatic carbocycles. The maximum Gasteiger partial charge on any atom is 0.762 e. The minimum Gasteiger partial charge on any atom is -1.00 e. The Balaban J connectivity index is 0.00000119. The molecule has 318 valence electrons. The number of rotatable bonds is 10. The maximum atomic E-state index is 12.4. The van der Waals surface area contributed by atoms with Gasteiger partial charge in [-0.05, 0) is 102 Å². The molecule has 12 heteroatoms. The standard InChI is InChI=1S/C49H52N3O4.BF3.FH/c1-48(2)41(50(5)39-25-23-35-16-8-10-18-37(35)46(39)48)27-21-33-14-13-15-34(32-33)22-28-42-49(3,4)47-38-19-11-9-17-36(38)24-26-40(47)51(42)31-12-6-7-20-45(55)56-52-43(53)29-30-44(52)54;2-1(3)4;/h8-11,16-19,21-28,32H,6-7,12-15,20,29-31H2,1-5H3;;1H/q+1;;/p-1. The molecule has 2 amide bonds. The van der Waals surface area contributed by atoms with Crippen molar-refractivity contribution < 1.29 is 41.4 Å². The lowest BCUT2D eigenvalue weighted by Gasteiger charge is -2.27. The van der Waals surface area contributed by atoms with Crippen LogP contribution in [0.15, 0.2) is 120 Å². The molecule has 0 saturated carbocycles. The summed E-state index contributed by atoms with van der Waals surface area (Å²) in [5.74, 6) is -1.43. The van der Waals surface area contributed by atoms with Gasteiger partial charge in [-0.1, -0.05) is 93.1 Å². The van der Waals surface area contributed by atoms with Crippen LogP contribution in [0.5, 0.6) is 0 Å². The third-order valence-corrected chi connectivity index (χ3v) is 12.3. The zero-order chi connectivity index (χ0) is 42.8. The Morgan fingerprint density at radius 3 is 2.07 bits per heavy atom. The molecular formula is C49H52BF4N3O4. The molecule has 61 heavy (non-hydrogen) atoms. The van der Waals surface area contributed by atoms with Crippen molar-refractivity contribution in [3.63, 3.8) is 0 Å². The molecule has 8 rings (SSSR count).